The molecule has 0 heterocycles. The van der Waals surface area contributed by atoms with E-state index in [-0.39, 0.29) is 5.82 Å². The Labute approximate surface area is 102 Å². The van der Waals surface area contributed by atoms with Gasteiger partial charge in [-0.25, -0.2) is 4.39 Å². The zero-order chi connectivity index (χ0) is 11.5. The van der Waals surface area contributed by atoms with Gasteiger partial charge >= 0.3 is 0 Å². The highest BCUT2D eigenvalue weighted by molar-refractivity contribution is 6.42. The second-order valence-electron chi connectivity index (χ2n) is 3.11. The lowest BCUT2D eigenvalue weighted by Gasteiger charge is -2.07. The van der Waals surface area contributed by atoms with E-state index >= 15 is 0 Å². The summed E-state index contributed by atoms with van der Waals surface area (Å²) in [5.41, 5.74) is 0. The first-order valence-corrected chi connectivity index (χ1v) is 5.30. The Bertz CT molecular complexity index is 497. The summed E-state index contributed by atoms with van der Waals surface area (Å²) in [6.45, 7) is 0. The van der Waals surface area contributed by atoms with Gasteiger partial charge in [-0.15, -0.1) is 0 Å². The molecule has 0 amide bonds. The zero-order valence-corrected chi connectivity index (χ0v) is 9.60. The van der Waals surface area contributed by atoms with Gasteiger partial charge in [0.2, 0.25) is 0 Å². The van der Waals surface area contributed by atoms with Crippen LogP contribution < -0.4 is 4.74 Å². The molecule has 0 saturated heterocycles. The van der Waals surface area contributed by atoms with Crippen LogP contribution in [0.4, 0.5) is 4.39 Å². The molecule has 0 atom stereocenters. The Kier molecular flexibility index (Phi) is 3.32. The van der Waals surface area contributed by atoms with Crippen molar-refractivity contribution in [1.82, 2.24) is 0 Å². The van der Waals surface area contributed by atoms with E-state index in [2.05, 4.69) is 0 Å². The molecule has 0 aromatic heterocycles. The van der Waals surface area contributed by atoms with E-state index < -0.39 is 0 Å². The van der Waals surface area contributed by atoms with Crippen molar-refractivity contribution < 1.29 is 9.13 Å². The Balaban J connectivity index is 2.27. The minimum absolute atomic E-state index is 0.315. The van der Waals surface area contributed by atoms with E-state index in [0.29, 0.717) is 21.5 Å². The second-order valence-corrected chi connectivity index (χ2v) is 3.89. The molecule has 4 heteroatoms. The normalized spacial score (nSPS) is 10.2. The third-order valence-electron chi connectivity index (χ3n) is 1.96. The Morgan fingerprint density at radius 3 is 2.31 bits per heavy atom. The van der Waals surface area contributed by atoms with Crippen LogP contribution in [0.5, 0.6) is 11.5 Å². The molecule has 0 aliphatic carbocycles. The first kappa shape index (κ1) is 11.2. The van der Waals surface area contributed by atoms with E-state index in [1.54, 1.807) is 18.2 Å². The Morgan fingerprint density at radius 1 is 0.938 bits per heavy atom. The van der Waals surface area contributed by atoms with Crippen molar-refractivity contribution in [2.75, 3.05) is 0 Å². The fourth-order valence-corrected chi connectivity index (χ4v) is 1.52. The van der Waals surface area contributed by atoms with Gasteiger partial charge in [-0.3, -0.25) is 0 Å². The highest BCUT2D eigenvalue weighted by atomic mass is 35.5. The summed E-state index contributed by atoms with van der Waals surface area (Å²) in [5.74, 6) is 0.635. The van der Waals surface area contributed by atoms with Crippen molar-refractivity contribution in [2.24, 2.45) is 0 Å². The SMILES string of the molecule is Fc1ccc(Oc2cccc(Cl)c2Cl)cc1. The van der Waals surface area contributed by atoms with Crippen molar-refractivity contribution >= 4 is 23.2 Å². The molecule has 0 aliphatic rings. The van der Waals surface area contributed by atoms with Crippen LogP contribution >= 0.6 is 23.2 Å². The van der Waals surface area contributed by atoms with E-state index in [4.69, 9.17) is 27.9 Å². The molecule has 0 aliphatic heterocycles. The van der Waals surface area contributed by atoms with E-state index in [1.807, 2.05) is 0 Å². The number of rotatable bonds is 2. The third-order valence-corrected chi connectivity index (χ3v) is 2.76. The van der Waals surface area contributed by atoms with Gasteiger partial charge in [-0.2, -0.15) is 0 Å². The van der Waals surface area contributed by atoms with Crippen molar-refractivity contribution in [3.8, 4) is 11.5 Å². The van der Waals surface area contributed by atoms with Crippen LogP contribution in [-0.4, -0.2) is 0 Å². The predicted molar refractivity (Wildman–Crippen MR) is 62.9 cm³/mol. The summed E-state index contributed by atoms with van der Waals surface area (Å²) in [6, 6.07) is 10.8. The average Bonchev–Trinajstić information content (AvgIpc) is 2.28. The van der Waals surface area contributed by atoms with E-state index in [9.17, 15) is 4.39 Å². The van der Waals surface area contributed by atoms with Crippen LogP contribution in [0.1, 0.15) is 0 Å². The lowest BCUT2D eigenvalue weighted by molar-refractivity contribution is 0.481. The molecule has 0 unspecified atom stereocenters. The fraction of sp³-hybridized carbons (Fsp3) is 0. The van der Waals surface area contributed by atoms with E-state index in [1.165, 1.54) is 24.3 Å². The van der Waals surface area contributed by atoms with Gasteiger partial charge in [0.15, 0.2) is 0 Å². The molecular weight excluding hydrogens is 250 g/mol. The van der Waals surface area contributed by atoms with Gasteiger partial charge in [-0.1, -0.05) is 29.3 Å². The summed E-state index contributed by atoms with van der Waals surface area (Å²) in [5, 5.41) is 0.759. The molecular formula is C12H7Cl2FO. The fourth-order valence-electron chi connectivity index (χ4n) is 1.19. The van der Waals surface area contributed by atoms with Gasteiger partial charge in [0, 0.05) is 0 Å². The summed E-state index contributed by atoms with van der Waals surface area (Å²) >= 11 is 11.8. The van der Waals surface area contributed by atoms with Crippen molar-refractivity contribution in [3.63, 3.8) is 0 Å². The maximum atomic E-state index is 12.7. The second kappa shape index (κ2) is 4.73. The van der Waals surface area contributed by atoms with Crippen LogP contribution in [-0.2, 0) is 0 Å². The molecule has 0 radical (unpaired) electrons. The van der Waals surface area contributed by atoms with Crippen molar-refractivity contribution in [3.05, 3.63) is 58.3 Å². The largest absolute Gasteiger partial charge is 0.456 e. The topological polar surface area (TPSA) is 9.23 Å². The molecule has 0 spiro atoms. The zero-order valence-electron chi connectivity index (χ0n) is 8.08. The van der Waals surface area contributed by atoms with Crippen LogP contribution in [0.2, 0.25) is 10.0 Å². The number of benzene rings is 2. The quantitative estimate of drug-likeness (QED) is 0.741. The minimum Gasteiger partial charge on any atom is -0.456 e. The third kappa shape index (κ3) is 2.46. The highest BCUT2D eigenvalue weighted by Gasteiger charge is 2.06. The van der Waals surface area contributed by atoms with Gasteiger partial charge in [-0.05, 0) is 36.4 Å². The summed E-state index contributed by atoms with van der Waals surface area (Å²) in [6.07, 6.45) is 0. The molecule has 82 valence electrons. The molecule has 0 bridgehead atoms. The van der Waals surface area contributed by atoms with Crippen LogP contribution in [0, 0.1) is 5.82 Å². The lowest BCUT2D eigenvalue weighted by atomic mass is 10.3. The monoisotopic (exact) mass is 256 g/mol. The minimum atomic E-state index is -0.315. The average molecular weight is 257 g/mol. The molecule has 0 N–H and O–H groups in total. The maximum absolute atomic E-state index is 12.7. The first-order valence-electron chi connectivity index (χ1n) is 4.54. The van der Waals surface area contributed by atoms with Crippen molar-refractivity contribution in [1.29, 1.82) is 0 Å². The highest BCUT2D eigenvalue weighted by Crippen LogP contribution is 2.34. The molecule has 0 saturated carbocycles. The number of halogens is 3. The number of hydrogen-bond donors (Lipinski definition) is 0. The van der Waals surface area contributed by atoms with Gasteiger partial charge < -0.3 is 4.74 Å². The van der Waals surface area contributed by atoms with Crippen LogP contribution in [0.3, 0.4) is 0 Å². The van der Waals surface area contributed by atoms with Gasteiger partial charge in [0.25, 0.3) is 0 Å². The van der Waals surface area contributed by atoms with Gasteiger partial charge in [0.1, 0.15) is 22.3 Å². The Hall–Kier alpha value is -1.25. The Morgan fingerprint density at radius 2 is 1.62 bits per heavy atom. The molecule has 2 aromatic carbocycles. The smallest absolute Gasteiger partial charge is 0.147 e. The van der Waals surface area contributed by atoms with Crippen LogP contribution in [0.15, 0.2) is 42.5 Å². The number of ether oxygens (including phenoxy) is 1. The summed E-state index contributed by atoms with van der Waals surface area (Å²) in [7, 11) is 0. The van der Waals surface area contributed by atoms with E-state index in [0.717, 1.165) is 0 Å². The van der Waals surface area contributed by atoms with Gasteiger partial charge in [0.05, 0.1) is 5.02 Å². The lowest BCUT2D eigenvalue weighted by Crippen LogP contribution is -1.85. The first-order chi connectivity index (χ1) is 7.66. The summed E-state index contributed by atoms with van der Waals surface area (Å²) in [4.78, 5) is 0. The molecule has 1 nitrogen and oxygen atoms in total. The maximum Gasteiger partial charge on any atom is 0.147 e. The standard InChI is InChI=1S/C12H7Cl2FO/c13-10-2-1-3-11(12(10)14)16-9-6-4-8(15)5-7-9/h1-7H. The number of hydrogen-bond acceptors (Lipinski definition) is 1. The molecule has 2 rings (SSSR count). The van der Waals surface area contributed by atoms with Crippen LogP contribution in [0.25, 0.3) is 0 Å². The molecule has 0 fully saturated rings. The predicted octanol–water partition coefficient (Wildman–Crippen LogP) is 4.92. The summed E-state index contributed by atoms with van der Waals surface area (Å²) < 4.78 is 18.1. The molecule has 2 aromatic rings. The molecule has 16 heavy (non-hydrogen) atoms. The van der Waals surface area contributed by atoms with Crippen molar-refractivity contribution in [2.45, 2.75) is 0 Å².